The Kier molecular flexibility index (Phi) is 4.73. The Hall–Kier alpha value is -3.16. The van der Waals surface area contributed by atoms with Crippen molar-refractivity contribution in [2.24, 2.45) is 0 Å². The van der Waals surface area contributed by atoms with Gasteiger partial charge in [0.1, 0.15) is 5.92 Å². The molecule has 0 saturated carbocycles. The number of ether oxygens (including phenoxy) is 2. The molecule has 0 aromatic heterocycles. The van der Waals surface area contributed by atoms with Crippen molar-refractivity contribution in [2.45, 2.75) is 12.0 Å². The van der Waals surface area contributed by atoms with Crippen molar-refractivity contribution in [3.05, 3.63) is 58.7 Å². The van der Waals surface area contributed by atoms with Gasteiger partial charge < -0.3 is 19.5 Å². The number of carbonyl (C=O) groups excluding carboxylic acids is 1. The summed E-state index contributed by atoms with van der Waals surface area (Å²) in [6.45, 7) is 0. The number of halogens is 2. The molecule has 0 aliphatic carbocycles. The molecular formula is C19H17F2NO5. The highest BCUT2D eigenvalue weighted by Gasteiger charge is 2.43. The van der Waals surface area contributed by atoms with Gasteiger partial charge in [0, 0.05) is 12.6 Å². The van der Waals surface area contributed by atoms with Gasteiger partial charge in [-0.3, -0.25) is 9.59 Å². The molecule has 8 heteroatoms. The molecule has 1 N–H and O–H groups in total. The lowest BCUT2D eigenvalue weighted by Gasteiger charge is -2.38. The molecule has 0 saturated heterocycles. The number of aliphatic carboxylic acids is 1. The molecule has 0 bridgehead atoms. The number of likely N-dealkylation sites (N-methyl/N-ethyl adjacent to an activating group) is 1. The van der Waals surface area contributed by atoms with Gasteiger partial charge in [0.25, 0.3) is 5.91 Å². The van der Waals surface area contributed by atoms with Crippen LogP contribution >= 0.6 is 0 Å². The minimum absolute atomic E-state index is 0.154. The standard InChI is InChI=1S/C19H17F2NO5/c1-22-17(9-4-5-12(20)13(21)6-9)16(19(24)25)10-7-14(26-2)15(27-3)8-11(10)18(22)23/h4-8,16-17H,1-3H3,(H,24,25)/t16-,17+/m1/s1. The van der Waals surface area contributed by atoms with Gasteiger partial charge in [0.2, 0.25) is 0 Å². The molecule has 2 aromatic carbocycles. The maximum atomic E-state index is 13.7. The van der Waals surface area contributed by atoms with E-state index in [1.807, 2.05) is 0 Å². The molecule has 0 radical (unpaired) electrons. The average molecular weight is 377 g/mol. The summed E-state index contributed by atoms with van der Waals surface area (Å²) in [5, 5.41) is 9.86. The second-order valence-corrected chi connectivity index (χ2v) is 6.14. The van der Waals surface area contributed by atoms with E-state index in [-0.39, 0.29) is 28.2 Å². The maximum Gasteiger partial charge on any atom is 0.313 e. The molecule has 0 fully saturated rings. The molecule has 0 spiro atoms. The van der Waals surface area contributed by atoms with Gasteiger partial charge in [0.05, 0.1) is 20.3 Å². The third-order valence-electron chi connectivity index (χ3n) is 4.73. The number of carboxylic acid groups (broad SMARTS) is 1. The molecule has 6 nitrogen and oxygen atoms in total. The van der Waals surface area contributed by atoms with E-state index < -0.39 is 35.5 Å². The lowest BCUT2D eigenvalue weighted by molar-refractivity contribution is -0.140. The van der Waals surface area contributed by atoms with Gasteiger partial charge in [-0.05, 0) is 35.4 Å². The fraction of sp³-hybridized carbons (Fsp3) is 0.263. The molecular weight excluding hydrogens is 360 g/mol. The van der Waals surface area contributed by atoms with Crippen LogP contribution in [0.1, 0.15) is 33.4 Å². The van der Waals surface area contributed by atoms with Crippen molar-refractivity contribution in [3.63, 3.8) is 0 Å². The Morgan fingerprint density at radius 2 is 1.70 bits per heavy atom. The number of amides is 1. The summed E-state index contributed by atoms with van der Waals surface area (Å²) in [7, 11) is 4.22. The molecule has 2 atom stereocenters. The monoisotopic (exact) mass is 377 g/mol. The van der Waals surface area contributed by atoms with Crippen LogP contribution in [0.15, 0.2) is 30.3 Å². The van der Waals surface area contributed by atoms with Crippen LogP contribution in [0.4, 0.5) is 8.78 Å². The van der Waals surface area contributed by atoms with Gasteiger partial charge in [-0.1, -0.05) is 6.07 Å². The predicted octanol–water partition coefficient (Wildman–Crippen LogP) is 2.98. The van der Waals surface area contributed by atoms with Crippen LogP contribution in [-0.2, 0) is 4.79 Å². The Morgan fingerprint density at radius 3 is 2.26 bits per heavy atom. The zero-order valence-electron chi connectivity index (χ0n) is 14.8. The fourth-order valence-electron chi connectivity index (χ4n) is 3.43. The number of carbonyl (C=O) groups is 2. The van der Waals surface area contributed by atoms with Crippen molar-refractivity contribution in [1.29, 1.82) is 0 Å². The third-order valence-corrected chi connectivity index (χ3v) is 4.73. The van der Waals surface area contributed by atoms with Crippen LogP contribution in [0.3, 0.4) is 0 Å². The number of hydrogen-bond donors (Lipinski definition) is 1. The summed E-state index contributed by atoms with van der Waals surface area (Å²) < 4.78 is 37.5. The summed E-state index contributed by atoms with van der Waals surface area (Å²) >= 11 is 0. The largest absolute Gasteiger partial charge is 0.493 e. The molecule has 1 aliphatic rings. The van der Waals surface area contributed by atoms with Crippen LogP contribution in [0.5, 0.6) is 11.5 Å². The molecule has 0 unspecified atom stereocenters. The van der Waals surface area contributed by atoms with Crippen molar-refractivity contribution in [1.82, 2.24) is 4.90 Å². The van der Waals surface area contributed by atoms with Gasteiger partial charge >= 0.3 is 5.97 Å². The van der Waals surface area contributed by atoms with Gasteiger partial charge in [-0.15, -0.1) is 0 Å². The number of fused-ring (bicyclic) bond motifs is 1. The smallest absolute Gasteiger partial charge is 0.313 e. The Bertz CT molecular complexity index is 931. The molecule has 2 aromatic rings. The summed E-state index contributed by atoms with van der Waals surface area (Å²) in [5.74, 6) is -4.49. The topological polar surface area (TPSA) is 76.1 Å². The number of rotatable bonds is 4. The van der Waals surface area contributed by atoms with E-state index in [9.17, 15) is 23.5 Å². The Morgan fingerprint density at radius 1 is 1.07 bits per heavy atom. The highest BCUT2D eigenvalue weighted by Crippen LogP contribution is 2.45. The van der Waals surface area contributed by atoms with Crippen molar-refractivity contribution < 1.29 is 33.0 Å². The zero-order valence-corrected chi connectivity index (χ0v) is 14.8. The first-order valence-electron chi connectivity index (χ1n) is 8.01. The predicted molar refractivity (Wildman–Crippen MR) is 91.1 cm³/mol. The summed E-state index contributed by atoms with van der Waals surface area (Å²) in [6, 6.07) is 4.93. The third kappa shape index (κ3) is 2.97. The first-order chi connectivity index (χ1) is 12.8. The van der Waals surface area contributed by atoms with E-state index in [0.29, 0.717) is 0 Å². The molecule has 27 heavy (non-hydrogen) atoms. The van der Waals surface area contributed by atoms with Crippen molar-refractivity contribution in [3.8, 4) is 11.5 Å². The van der Waals surface area contributed by atoms with Crippen molar-refractivity contribution >= 4 is 11.9 Å². The fourth-order valence-corrected chi connectivity index (χ4v) is 3.43. The molecule has 142 valence electrons. The Labute approximate surface area is 153 Å². The zero-order chi connectivity index (χ0) is 19.9. The van der Waals surface area contributed by atoms with E-state index in [1.165, 1.54) is 44.4 Å². The number of nitrogens with zero attached hydrogens (tertiary/aromatic N) is 1. The second-order valence-electron chi connectivity index (χ2n) is 6.14. The number of methoxy groups -OCH3 is 2. The van der Waals surface area contributed by atoms with Crippen LogP contribution in [0, 0.1) is 11.6 Å². The normalized spacial score (nSPS) is 18.9. The molecule has 1 amide bonds. The summed E-state index contributed by atoms with van der Waals surface area (Å²) in [5.41, 5.74) is 0.553. The van der Waals surface area contributed by atoms with E-state index in [1.54, 1.807) is 0 Å². The van der Waals surface area contributed by atoms with Gasteiger partial charge in [-0.2, -0.15) is 0 Å². The lowest BCUT2D eigenvalue weighted by Crippen LogP contribution is -2.42. The average Bonchev–Trinajstić information content (AvgIpc) is 2.65. The SMILES string of the molecule is COc1cc2c(cc1OC)[C@@H](C(=O)O)[C@H](c1ccc(F)c(F)c1)N(C)C2=O. The van der Waals surface area contributed by atoms with E-state index >= 15 is 0 Å². The first kappa shape index (κ1) is 18.6. The molecule has 1 heterocycles. The highest BCUT2D eigenvalue weighted by molar-refractivity contribution is 6.01. The number of carboxylic acids is 1. The van der Waals surface area contributed by atoms with E-state index in [4.69, 9.17) is 9.47 Å². The van der Waals surface area contributed by atoms with Crippen LogP contribution in [-0.4, -0.2) is 43.2 Å². The first-order valence-corrected chi connectivity index (χ1v) is 8.01. The van der Waals surface area contributed by atoms with E-state index in [2.05, 4.69) is 0 Å². The van der Waals surface area contributed by atoms with Crippen molar-refractivity contribution in [2.75, 3.05) is 21.3 Å². The Balaban J connectivity index is 2.24. The molecule has 1 aliphatic heterocycles. The minimum atomic E-state index is -1.21. The lowest BCUT2D eigenvalue weighted by atomic mass is 9.79. The maximum absolute atomic E-state index is 13.7. The van der Waals surface area contributed by atoms with Crippen LogP contribution in [0.2, 0.25) is 0 Å². The van der Waals surface area contributed by atoms with Crippen LogP contribution in [0.25, 0.3) is 0 Å². The van der Waals surface area contributed by atoms with Gasteiger partial charge in [0.15, 0.2) is 23.1 Å². The highest BCUT2D eigenvalue weighted by atomic mass is 19.2. The molecule has 3 rings (SSSR count). The van der Waals surface area contributed by atoms with E-state index in [0.717, 1.165) is 12.1 Å². The number of hydrogen-bond acceptors (Lipinski definition) is 4. The van der Waals surface area contributed by atoms with Gasteiger partial charge in [-0.25, -0.2) is 8.78 Å². The quantitative estimate of drug-likeness (QED) is 0.887. The minimum Gasteiger partial charge on any atom is -0.493 e. The second kappa shape index (κ2) is 6.86. The summed E-state index contributed by atoms with van der Waals surface area (Å²) in [4.78, 5) is 26.1. The number of benzene rings is 2. The summed E-state index contributed by atoms with van der Waals surface area (Å²) in [6.07, 6.45) is 0. The van der Waals surface area contributed by atoms with Crippen LogP contribution < -0.4 is 9.47 Å².